The number of halogens is 1. The molecule has 3 aromatic rings. The Balaban J connectivity index is 1.44. The van der Waals surface area contributed by atoms with E-state index in [1.165, 1.54) is 4.90 Å². The van der Waals surface area contributed by atoms with Gasteiger partial charge in [0.1, 0.15) is 17.3 Å². The molecule has 2 aromatic carbocycles. The minimum Gasteiger partial charge on any atom is -0.485 e. The number of Topliss-reactive ketones (excluding diaryl/α,β-unsaturated/α-hetero) is 1. The average molecular weight is 513 g/mol. The number of rotatable bonds is 11. The first-order valence-corrected chi connectivity index (χ1v) is 11.7. The van der Waals surface area contributed by atoms with Crippen LogP contribution >= 0.6 is 11.6 Å². The van der Waals surface area contributed by atoms with Crippen molar-refractivity contribution in [2.75, 3.05) is 38.4 Å². The van der Waals surface area contributed by atoms with Crippen LogP contribution in [0.3, 0.4) is 0 Å². The van der Waals surface area contributed by atoms with Crippen molar-refractivity contribution >= 4 is 34.9 Å². The summed E-state index contributed by atoms with van der Waals surface area (Å²) in [5.74, 6) is 0.629. The molecule has 0 saturated heterocycles. The molecule has 4 rings (SSSR count). The monoisotopic (exact) mass is 512 g/mol. The molecule has 0 fully saturated rings. The van der Waals surface area contributed by atoms with E-state index in [-0.39, 0.29) is 43.1 Å². The molecule has 0 bridgehead atoms. The largest absolute Gasteiger partial charge is 0.485 e. The normalized spacial score (nSPS) is 12.6. The third-order valence-electron chi connectivity index (χ3n) is 5.42. The van der Waals surface area contributed by atoms with E-state index in [2.05, 4.69) is 5.32 Å². The third-order valence-corrected chi connectivity index (χ3v) is 5.67. The van der Waals surface area contributed by atoms with Crippen LogP contribution in [0.25, 0.3) is 0 Å². The van der Waals surface area contributed by atoms with Crippen molar-refractivity contribution in [1.82, 2.24) is 5.32 Å². The molecule has 0 spiro atoms. The van der Waals surface area contributed by atoms with Gasteiger partial charge in [-0.2, -0.15) is 0 Å². The highest BCUT2D eigenvalue weighted by molar-refractivity contribution is 6.30. The molecule has 0 atom stereocenters. The van der Waals surface area contributed by atoms with Crippen LogP contribution in [0.2, 0.25) is 5.02 Å². The second-order valence-corrected chi connectivity index (χ2v) is 8.42. The van der Waals surface area contributed by atoms with Gasteiger partial charge in [-0.25, -0.2) is 0 Å². The minimum absolute atomic E-state index is 0.0745. The van der Waals surface area contributed by atoms with Crippen LogP contribution in [0.1, 0.15) is 33.1 Å². The maximum atomic E-state index is 12.8. The number of amides is 2. The number of nitrogens with zero attached hydrogens (tertiary/aromatic N) is 1. The predicted molar refractivity (Wildman–Crippen MR) is 132 cm³/mol. The molecule has 0 aliphatic carbocycles. The summed E-state index contributed by atoms with van der Waals surface area (Å²) in [7, 11) is 1.60. The second kappa shape index (κ2) is 11.7. The zero-order valence-electron chi connectivity index (χ0n) is 19.6. The van der Waals surface area contributed by atoms with Gasteiger partial charge >= 0.3 is 0 Å². The van der Waals surface area contributed by atoms with E-state index >= 15 is 0 Å². The molecule has 188 valence electrons. The van der Waals surface area contributed by atoms with E-state index in [1.807, 2.05) is 0 Å². The molecule has 1 aliphatic rings. The third kappa shape index (κ3) is 6.24. The number of nitrogens with one attached hydrogen (secondary N) is 1. The molecule has 1 aliphatic heterocycles. The Hall–Kier alpha value is -3.82. The number of ketones is 1. The molecule has 10 heteroatoms. The first kappa shape index (κ1) is 25.3. The summed E-state index contributed by atoms with van der Waals surface area (Å²) in [5, 5.41) is 3.32. The summed E-state index contributed by atoms with van der Waals surface area (Å²) in [6.07, 6.45) is 0.681. The van der Waals surface area contributed by atoms with Gasteiger partial charge in [0.05, 0.1) is 12.2 Å². The summed E-state index contributed by atoms with van der Waals surface area (Å²) >= 11 is 5.87. The number of benzene rings is 2. The van der Waals surface area contributed by atoms with Gasteiger partial charge in [-0.3, -0.25) is 19.3 Å². The predicted octanol–water partition coefficient (Wildman–Crippen LogP) is 3.89. The summed E-state index contributed by atoms with van der Waals surface area (Å²) in [6.45, 7) is 0.741. The van der Waals surface area contributed by atoms with Gasteiger partial charge in [0.25, 0.3) is 11.8 Å². The summed E-state index contributed by atoms with van der Waals surface area (Å²) in [6, 6.07) is 14.8. The quantitative estimate of drug-likeness (QED) is 0.307. The standard InChI is InChI=1S/C26H25ClN2O7/c1-33-12-2-11-28-26(32)24-10-8-20(36-24)14-29-21-13-17(3-9-23(21)35-16-25(29)31)22(30)15-34-19-6-4-18(27)5-7-19/h3-10,13H,2,11-12,14-16H2,1H3,(H,28,32). The van der Waals surface area contributed by atoms with Gasteiger partial charge in [-0.1, -0.05) is 11.6 Å². The van der Waals surface area contributed by atoms with Crippen molar-refractivity contribution in [3.63, 3.8) is 0 Å². The molecule has 9 nitrogen and oxygen atoms in total. The zero-order chi connectivity index (χ0) is 25.5. The van der Waals surface area contributed by atoms with Crippen LogP contribution < -0.4 is 19.7 Å². The van der Waals surface area contributed by atoms with E-state index < -0.39 is 0 Å². The number of carbonyl (C=O) groups is 3. The molecule has 0 saturated carbocycles. The summed E-state index contributed by atoms with van der Waals surface area (Å²) in [4.78, 5) is 39.2. The topological polar surface area (TPSA) is 107 Å². The smallest absolute Gasteiger partial charge is 0.286 e. The number of anilines is 1. The molecule has 1 N–H and O–H groups in total. The van der Waals surface area contributed by atoms with Crippen LogP contribution in [0.4, 0.5) is 5.69 Å². The Morgan fingerprint density at radius 3 is 2.69 bits per heavy atom. The Kier molecular flexibility index (Phi) is 8.24. The fourth-order valence-corrected chi connectivity index (χ4v) is 3.68. The lowest BCUT2D eigenvalue weighted by Gasteiger charge is -2.29. The Bertz CT molecular complexity index is 1240. The molecule has 1 aromatic heterocycles. The zero-order valence-corrected chi connectivity index (χ0v) is 20.4. The van der Waals surface area contributed by atoms with E-state index in [0.717, 1.165) is 0 Å². The van der Waals surface area contributed by atoms with Gasteiger partial charge in [-0.15, -0.1) is 0 Å². The molecule has 0 radical (unpaired) electrons. The van der Waals surface area contributed by atoms with Gasteiger partial charge in [0.2, 0.25) is 0 Å². The van der Waals surface area contributed by atoms with Crippen LogP contribution in [-0.4, -0.2) is 51.1 Å². The van der Waals surface area contributed by atoms with Crippen LogP contribution in [0.5, 0.6) is 11.5 Å². The van der Waals surface area contributed by atoms with Crippen molar-refractivity contribution in [2.24, 2.45) is 0 Å². The molecule has 2 heterocycles. The van der Waals surface area contributed by atoms with E-state index in [1.54, 1.807) is 61.7 Å². The lowest BCUT2D eigenvalue weighted by Crippen LogP contribution is -2.38. The van der Waals surface area contributed by atoms with Gasteiger partial charge in [0, 0.05) is 30.8 Å². The van der Waals surface area contributed by atoms with Gasteiger partial charge < -0.3 is 23.9 Å². The number of ether oxygens (including phenoxy) is 3. The number of methoxy groups -OCH3 is 1. The molecule has 2 amide bonds. The van der Waals surface area contributed by atoms with Crippen LogP contribution in [0.15, 0.2) is 59.0 Å². The molecule has 36 heavy (non-hydrogen) atoms. The highest BCUT2D eigenvalue weighted by Gasteiger charge is 2.28. The van der Waals surface area contributed by atoms with Crippen molar-refractivity contribution < 1.29 is 33.0 Å². The van der Waals surface area contributed by atoms with Crippen molar-refractivity contribution in [1.29, 1.82) is 0 Å². The first-order valence-electron chi connectivity index (χ1n) is 11.3. The van der Waals surface area contributed by atoms with E-state index in [4.69, 9.17) is 30.2 Å². The van der Waals surface area contributed by atoms with Gasteiger partial charge in [-0.05, 0) is 61.0 Å². The first-order chi connectivity index (χ1) is 17.4. The fraction of sp³-hybridized carbons (Fsp3) is 0.269. The highest BCUT2D eigenvalue weighted by atomic mass is 35.5. The molecular weight excluding hydrogens is 488 g/mol. The number of hydrogen-bond donors (Lipinski definition) is 1. The number of fused-ring (bicyclic) bond motifs is 1. The van der Waals surface area contributed by atoms with Crippen molar-refractivity contribution in [3.05, 3.63) is 76.7 Å². The highest BCUT2D eigenvalue weighted by Crippen LogP contribution is 2.34. The van der Waals surface area contributed by atoms with E-state index in [0.29, 0.717) is 53.1 Å². The molecular formula is C26H25ClN2O7. The summed E-state index contributed by atoms with van der Waals surface area (Å²) < 4.78 is 21.7. The Morgan fingerprint density at radius 2 is 1.92 bits per heavy atom. The lowest BCUT2D eigenvalue weighted by atomic mass is 10.1. The van der Waals surface area contributed by atoms with Gasteiger partial charge in [0.15, 0.2) is 24.8 Å². The molecule has 0 unspecified atom stereocenters. The second-order valence-electron chi connectivity index (χ2n) is 7.99. The van der Waals surface area contributed by atoms with Crippen molar-refractivity contribution in [2.45, 2.75) is 13.0 Å². The number of carbonyl (C=O) groups excluding carboxylic acids is 3. The maximum Gasteiger partial charge on any atom is 0.286 e. The van der Waals surface area contributed by atoms with Crippen LogP contribution in [-0.2, 0) is 16.1 Å². The number of hydrogen-bond acceptors (Lipinski definition) is 7. The lowest BCUT2D eigenvalue weighted by molar-refractivity contribution is -0.121. The summed E-state index contributed by atoms with van der Waals surface area (Å²) in [5.41, 5.74) is 0.798. The fourth-order valence-electron chi connectivity index (χ4n) is 3.56. The Morgan fingerprint density at radius 1 is 1.11 bits per heavy atom. The Labute approximate surface area is 212 Å². The van der Waals surface area contributed by atoms with Crippen LogP contribution in [0, 0.1) is 0 Å². The average Bonchev–Trinajstić information content (AvgIpc) is 3.36. The minimum atomic E-state index is -0.348. The van der Waals surface area contributed by atoms with E-state index in [9.17, 15) is 14.4 Å². The number of furan rings is 1. The maximum absolute atomic E-state index is 12.8. The SMILES string of the molecule is COCCCNC(=O)c1ccc(CN2C(=O)COc3ccc(C(=O)COc4ccc(Cl)cc4)cc32)o1. The van der Waals surface area contributed by atoms with Crippen molar-refractivity contribution in [3.8, 4) is 11.5 Å².